The van der Waals surface area contributed by atoms with Gasteiger partial charge in [-0.2, -0.15) is 0 Å². The van der Waals surface area contributed by atoms with Crippen molar-refractivity contribution >= 4 is 6.08 Å². The van der Waals surface area contributed by atoms with E-state index >= 15 is 0 Å². The van der Waals surface area contributed by atoms with Crippen molar-refractivity contribution in [3.63, 3.8) is 0 Å². The molecule has 0 aliphatic carbocycles. The van der Waals surface area contributed by atoms with E-state index in [1.165, 1.54) is 5.56 Å². The lowest BCUT2D eigenvalue weighted by atomic mass is 10.2. The van der Waals surface area contributed by atoms with Crippen molar-refractivity contribution < 1.29 is 9.47 Å². The van der Waals surface area contributed by atoms with E-state index < -0.39 is 0 Å². The highest BCUT2D eigenvalue weighted by Gasteiger charge is 1.95. The van der Waals surface area contributed by atoms with Crippen molar-refractivity contribution in [2.75, 3.05) is 7.11 Å². The molecule has 2 aromatic rings. The second-order valence-corrected chi connectivity index (χ2v) is 3.88. The Labute approximate surface area is 107 Å². The summed E-state index contributed by atoms with van der Waals surface area (Å²) in [5.41, 5.74) is 2.25. The zero-order valence-electron chi connectivity index (χ0n) is 10.4. The Morgan fingerprint density at radius 1 is 0.944 bits per heavy atom. The van der Waals surface area contributed by atoms with Gasteiger partial charge in [0.05, 0.1) is 13.4 Å². The molecule has 2 aromatic carbocycles. The van der Waals surface area contributed by atoms with Crippen LogP contribution in [0.3, 0.4) is 0 Å². The van der Waals surface area contributed by atoms with Crippen LogP contribution in [0.5, 0.6) is 5.75 Å². The number of ether oxygens (including phenoxy) is 2. The highest BCUT2D eigenvalue weighted by Crippen LogP contribution is 2.15. The van der Waals surface area contributed by atoms with Crippen LogP contribution in [0.25, 0.3) is 6.08 Å². The van der Waals surface area contributed by atoms with Gasteiger partial charge in [0.2, 0.25) is 0 Å². The van der Waals surface area contributed by atoms with E-state index in [0.29, 0.717) is 6.61 Å². The molecular formula is C16H16O2. The van der Waals surface area contributed by atoms with E-state index in [-0.39, 0.29) is 0 Å². The standard InChI is InChI=1S/C16H16O2/c1-17-12-11-14-7-9-16(10-8-14)18-13-15-5-3-2-4-6-15/h2-12H,13H2,1H3. The van der Waals surface area contributed by atoms with Crippen LogP contribution in [0.4, 0.5) is 0 Å². The number of benzene rings is 2. The molecule has 2 rings (SSSR count). The average Bonchev–Trinajstić information content (AvgIpc) is 2.45. The van der Waals surface area contributed by atoms with E-state index in [2.05, 4.69) is 12.1 Å². The van der Waals surface area contributed by atoms with Gasteiger partial charge < -0.3 is 9.47 Å². The summed E-state index contributed by atoms with van der Waals surface area (Å²) in [6, 6.07) is 18.0. The molecule has 18 heavy (non-hydrogen) atoms. The summed E-state index contributed by atoms with van der Waals surface area (Å²) in [6.45, 7) is 0.591. The van der Waals surface area contributed by atoms with Gasteiger partial charge in [0.1, 0.15) is 12.4 Å². The van der Waals surface area contributed by atoms with Gasteiger partial charge >= 0.3 is 0 Å². The first-order chi connectivity index (χ1) is 8.88. The van der Waals surface area contributed by atoms with E-state index in [1.54, 1.807) is 13.4 Å². The minimum absolute atomic E-state index is 0.591. The van der Waals surface area contributed by atoms with Crippen LogP contribution in [0, 0.1) is 0 Å². The lowest BCUT2D eigenvalue weighted by Gasteiger charge is -2.06. The zero-order chi connectivity index (χ0) is 12.6. The fourth-order valence-corrected chi connectivity index (χ4v) is 1.56. The average molecular weight is 240 g/mol. The largest absolute Gasteiger partial charge is 0.504 e. The lowest BCUT2D eigenvalue weighted by Crippen LogP contribution is -1.94. The molecule has 0 radical (unpaired) electrons. The summed E-state index contributed by atoms with van der Waals surface area (Å²) in [6.07, 6.45) is 3.56. The number of hydrogen-bond donors (Lipinski definition) is 0. The fourth-order valence-electron chi connectivity index (χ4n) is 1.56. The molecule has 0 aliphatic rings. The molecule has 0 unspecified atom stereocenters. The molecule has 0 bridgehead atoms. The van der Waals surface area contributed by atoms with Gasteiger partial charge in [0.25, 0.3) is 0 Å². The summed E-state index contributed by atoms with van der Waals surface area (Å²) in [5, 5.41) is 0. The van der Waals surface area contributed by atoms with Gasteiger partial charge in [-0.15, -0.1) is 0 Å². The minimum atomic E-state index is 0.591. The number of methoxy groups -OCH3 is 1. The molecule has 0 aliphatic heterocycles. The topological polar surface area (TPSA) is 18.5 Å². The van der Waals surface area contributed by atoms with Gasteiger partial charge in [-0.1, -0.05) is 42.5 Å². The molecule has 0 saturated heterocycles. The predicted molar refractivity (Wildman–Crippen MR) is 73.3 cm³/mol. The summed E-state index contributed by atoms with van der Waals surface area (Å²) in [4.78, 5) is 0. The molecule has 92 valence electrons. The third kappa shape index (κ3) is 3.67. The second kappa shape index (κ2) is 6.50. The predicted octanol–water partition coefficient (Wildman–Crippen LogP) is 3.88. The van der Waals surface area contributed by atoms with Crippen LogP contribution < -0.4 is 4.74 Å². The molecule has 0 heterocycles. The molecule has 0 atom stereocenters. The molecule has 2 heteroatoms. The summed E-state index contributed by atoms with van der Waals surface area (Å²) < 4.78 is 10.6. The Morgan fingerprint density at radius 2 is 1.67 bits per heavy atom. The van der Waals surface area contributed by atoms with Crippen molar-refractivity contribution in [1.82, 2.24) is 0 Å². The first-order valence-electron chi connectivity index (χ1n) is 5.84. The third-order valence-corrected chi connectivity index (χ3v) is 2.53. The van der Waals surface area contributed by atoms with Gasteiger partial charge in [-0.25, -0.2) is 0 Å². The molecule has 0 N–H and O–H groups in total. The van der Waals surface area contributed by atoms with Gasteiger partial charge in [-0.05, 0) is 29.3 Å². The van der Waals surface area contributed by atoms with E-state index in [4.69, 9.17) is 9.47 Å². The van der Waals surface area contributed by atoms with Crippen molar-refractivity contribution in [3.05, 3.63) is 72.0 Å². The molecule has 0 saturated carbocycles. The van der Waals surface area contributed by atoms with Gasteiger partial charge in [-0.3, -0.25) is 0 Å². The quantitative estimate of drug-likeness (QED) is 0.738. The van der Waals surface area contributed by atoms with Crippen molar-refractivity contribution in [1.29, 1.82) is 0 Å². The van der Waals surface area contributed by atoms with Crippen molar-refractivity contribution in [2.45, 2.75) is 6.61 Å². The number of hydrogen-bond acceptors (Lipinski definition) is 2. The monoisotopic (exact) mass is 240 g/mol. The van der Waals surface area contributed by atoms with Gasteiger partial charge in [0, 0.05) is 0 Å². The van der Waals surface area contributed by atoms with Crippen LogP contribution in [0.15, 0.2) is 60.9 Å². The number of rotatable bonds is 5. The Bertz CT molecular complexity index is 486. The summed E-state index contributed by atoms with van der Waals surface area (Å²) in [5.74, 6) is 0.869. The summed E-state index contributed by atoms with van der Waals surface area (Å²) in [7, 11) is 1.63. The SMILES string of the molecule is COC=Cc1ccc(OCc2ccccc2)cc1. The molecular weight excluding hydrogens is 224 g/mol. The van der Waals surface area contributed by atoms with Crippen LogP contribution in [0.2, 0.25) is 0 Å². The maximum Gasteiger partial charge on any atom is 0.119 e. The molecule has 0 spiro atoms. The van der Waals surface area contributed by atoms with E-state index in [0.717, 1.165) is 11.3 Å². The van der Waals surface area contributed by atoms with E-state index in [1.807, 2.05) is 48.5 Å². The third-order valence-electron chi connectivity index (χ3n) is 2.53. The normalized spacial score (nSPS) is 10.5. The van der Waals surface area contributed by atoms with E-state index in [9.17, 15) is 0 Å². The fraction of sp³-hybridized carbons (Fsp3) is 0.125. The first-order valence-corrected chi connectivity index (χ1v) is 5.84. The Kier molecular flexibility index (Phi) is 4.42. The maximum atomic E-state index is 5.70. The zero-order valence-corrected chi connectivity index (χ0v) is 10.4. The Morgan fingerprint density at radius 3 is 2.33 bits per heavy atom. The first kappa shape index (κ1) is 12.2. The van der Waals surface area contributed by atoms with Crippen LogP contribution in [0.1, 0.15) is 11.1 Å². The van der Waals surface area contributed by atoms with Gasteiger partial charge in [0.15, 0.2) is 0 Å². The minimum Gasteiger partial charge on any atom is -0.504 e. The van der Waals surface area contributed by atoms with Crippen LogP contribution in [-0.4, -0.2) is 7.11 Å². The summed E-state index contributed by atoms with van der Waals surface area (Å²) >= 11 is 0. The van der Waals surface area contributed by atoms with Crippen molar-refractivity contribution in [2.24, 2.45) is 0 Å². The smallest absolute Gasteiger partial charge is 0.119 e. The van der Waals surface area contributed by atoms with Crippen molar-refractivity contribution in [3.8, 4) is 5.75 Å². The molecule has 0 aromatic heterocycles. The highest BCUT2D eigenvalue weighted by atomic mass is 16.5. The highest BCUT2D eigenvalue weighted by molar-refractivity contribution is 5.49. The molecule has 2 nitrogen and oxygen atoms in total. The lowest BCUT2D eigenvalue weighted by molar-refractivity contribution is 0.306. The Hall–Kier alpha value is -2.22. The second-order valence-electron chi connectivity index (χ2n) is 3.88. The maximum absolute atomic E-state index is 5.70. The molecule has 0 amide bonds. The van der Waals surface area contributed by atoms with Crippen LogP contribution in [-0.2, 0) is 11.3 Å². The Balaban J connectivity index is 1.92. The van der Waals surface area contributed by atoms with Crippen LogP contribution >= 0.6 is 0 Å². The molecule has 0 fully saturated rings.